The van der Waals surface area contributed by atoms with Crippen LogP contribution in [0.15, 0.2) is 35.0 Å². The third-order valence-electron chi connectivity index (χ3n) is 3.46. The van der Waals surface area contributed by atoms with Crippen LogP contribution >= 0.6 is 0 Å². The van der Waals surface area contributed by atoms with E-state index in [1.807, 2.05) is 6.07 Å². The number of carbonyl (C=O) groups is 2. The number of amides is 2. The first-order valence-electron chi connectivity index (χ1n) is 6.41. The third kappa shape index (κ3) is 2.33. The van der Waals surface area contributed by atoms with E-state index in [9.17, 15) is 9.59 Å². The summed E-state index contributed by atoms with van der Waals surface area (Å²) >= 11 is 0. The number of hydrogen-bond acceptors (Lipinski definition) is 5. The first-order chi connectivity index (χ1) is 10.1. The van der Waals surface area contributed by atoms with Crippen molar-refractivity contribution in [3.8, 4) is 11.1 Å². The summed E-state index contributed by atoms with van der Waals surface area (Å²) in [5.41, 5.74) is 7.79. The Kier molecular flexibility index (Phi) is 3.09. The Morgan fingerprint density at radius 2 is 2.05 bits per heavy atom. The molecule has 1 aliphatic heterocycles. The number of piperazine rings is 1. The highest BCUT2D eigenvalue weighted by molar-refractivity contribution is 6.04. The summed E-state index contributed by atoms with van der Waals surface area (Å²) in [7, 11) is 1.62. The van der Waals surface area contributed by atoms with E-state index in [4.69, 9.17) is 10.3 Å². The number of hydrogen-bond donors (Lipinski definition) is 1. The molecule has 2 N–H and O–H groups in total. The molecule has 108 valence electrons. The van der Waals surface area contributed by atoms with Crippen molar-refractivity contribution >= 4 is 23.4 Å². The van der Waals surface area contributed by atoms with Crippen molar-refractivity contribution in [2.24, 2.45) is 0 Å². The van der Waals surface area contributed by atoms with Crippen molar-refractivity contribution in [2.45, 2.75) is 0 Å². The molecule has 1 saturated heterocycles. The van der Waals surface area contributed by atoms with Crippen LogP contribution in [0.5, 0.6) is 0 Å². The zero-order valence-corrected chi connectivity index (χ0v) is 11.4. The summed E-state index contributed by atoms with van der Waals surface area (Å²) in [6.07, 6.45) is 1.52. The number of benzene rings is 1. The van der Waals surface area contributed by atoms with Crippen LogP contribution in [-0.2, 0) is 9.59 Å². The second-order valence-electron chi connectivity index (χ2n) is 4.88. The number of nitrogens with two attached hydrogens (primary N) is 1. The number of likely N-dealkylation sites (N-methyl/N-ethyl adjacent to an activating group) is 1. The molecule has 2 aromatic rings. The fraction of sp³-hybridized carbons (Fsp3) is 0.214. The van der Waals surface area contributed by atoms with Crippen LogP contribution in [0.1, 0.15) is 0 Å². The average Bonchev–Trinajstić information content (AvgIpc) is 2.89. The van der Waals surface area contributed by atoms with E-state index in [0.29, 0.717) is 11.3 Å². The van der Waals surface area contributed by atoms with Crippen molar-refractivity contribution in [3.05, 3.63) is 30.5 Å². The number of carbonyl (C=O) groups excluding carboxylic acids is 2. The highest BCUT2D eigenvalue weighted by atomic mass is 16.5. The number of rotatable bonds is 2. The summed E-state index contributed by atoms with van der Waals surface area (Å²) in [6, 6.07) is 7.21. The zero-order chi connectivity index (χ0) is 15.0. The van der Waals surface area contributed by atoms with Crippen LogP contribution in [0.25, 0.3) is 11.1 Å². The molecule has 0 unspecified atom stereocenters. The fourth-order valence-corrected chi connectivity index (χ4v) is 2.26. The molecule has 0 radical (unpaired) electrons. The van der Waals surface area contributed by atoms with Gasteiger partial charge < -0.3 is 20.1 Å². The summed E-state index contributed by atoms with van der Waals surface area (Å²) < 4.78 is 4.84. The Morgan fingerprint density at radius 3 is 2.76 bits per heavy atom. The van der Waals surface area contributed by atoms with E-state index >= 15 is 0 Å². The number of aromatic nitrogens is 1. The maximum Gasteiger partial charge on any atom is 0.247 e. The molecule has 7 nitrogen and oxygen atoms in total. The first kappa shape index (κ1) is 13.2. The van der Waals surface area contributed by atoms with Gasteiger partial charge in [-0.15, -0.1) is 0 Å². The largest absolute Gasteiger partial charge is 0.367 e. The van der Waals surface area contributed by atoms with E-state index in [1.54, 1.807) is 25.2 Å². The van der Waals surface area contributed by atoms with Crippen LogP contribution in [0.2, 0.25) is 0 Å². The SMILES string of the molecule is CN1CC(=O)N(c2cccc(-c3cnoc3N)c2)CC1=O. The molecule has 1 aliphatic rings. The number of nitrogens with zero attached hydrogens (tertiary/aromatic N) is 3. The predicted molar refractivity (Wildman–Crippen MR) is 76.3 cm³/mol. The molecule has 1 aromatic carbocycles. The van der Waals surface area contributed by atoms with E-state index in [1.165, 1.54) is 16.0 Å². The highest BCUT2D eigenvalue weighted by Crippen LogP contribution is 2.29. The first-order valence-corrected chi connectivity index (χ1v) is 6.41. The monoisotopic (exact) mass is 286 g/mol. The van der Waals surface area contributed by atoms with E-state index < -0.39 is 0 Å². The van der Waals surface area contributed by atoms with Gasteiger partial charge in [-0.3, -0.25) is 9.59 Å². The number of anilines is 2. The number of nitrogen functional groups attached to an aromatic ring is 1. The topological polar surface area (TPSA) is 92.7 Å². The molecule has 0 spiro atoms. The Morgan fingerprint density at radius 1 is 1.24 bits per heavy atom. The van der Waals surface area contributed by atoms with E-state index in [0.717, 1.165) is 5.56 Å². The van der Waals surface area contributed by atoms with Gasteiger partial charge in [0.1, 0.15) is 6.54 Å². The van der Waals surface area contributed by atoms with Gasteiger partial charge in [0.2, 0.25) is 17.7 Å². The zero-order valence-electron chi connectivity index (χ0n) is 11.4. The molecule has 0 saturated carbocycles. The quantitative estimate of drug-likeness (QED) is 0.878. The summed E-state index contributed by atoms with van der Waals surface area (Å²) in [5, 5.41) is 3.64. The average molecular weight is 286 g/mol. The van der Waals surface area contributed by atoms with Gasteiger partial charge in [-0.1, -0.05) is 17.3 Å². The molecule has 3 rings (SSSR count). The Labute approximate surface area is 120 Å². The molecule has 0 bridgehead atoms. The van der Waals surface area contributed by atoms with Crippen LogP contribution in [0, 0.1) is 0 Å². The molecule has 2 amide bonds. The standard InChI is InChI=1S/C14H14N4O3/c1-17-7-13(20)18(8-12(17)19)10-4-2-3-9(5-10)11-6-16-21-14(11)15/h2-6H,7-8,15H2,1H3. The van der Waals surface area contributed by atoms with E-state index in [-0.39, 0.29) is 30.8 Å². The van der Waals surface area contributed by atoms with Gasteiger partial charge in [0.05, 0.1) is 18.3 Å². The molecular formula is C14H14N4O3. The lowest BCUT2D eigenvalue weighted by atomic mass is 10.1. The highest BCUT2D eigenvalue weighted by Gasteiger charge is 2.28. The van der Waals surface area contributed by atoms with Crippen molar-refractivity contribution in [1.82, 2.24) is 10.1 Å². The van der Waals surface area contributed by atoms with Crippen LogP contribution in [0.3, 0.4) is 0 Å². The van der Waals surface area contributed by atoms with Gasteiger partial charge in [0, 0.05) is 12.7 Å². The summed E-state index contributed by atoms with van der Waals surface area (Å²) in [4.78, 5) is 26.8. The van der Waals surface area contributed by atoms with Crippen LogP contribution in [0.4, 0.5) is 11.6 Å². The lowest BCUT2D eigenvalue weighted by Gasteiger charge is -2.31. The molecule has 1 aromatic heterocycles. The van der Waals surface area contributed by atoms with Gasteiger partial charge in [0.25, 0.3) is 0 Å². The third-order valence-corrected chi connectivity index (χ3v) is 3.46. The minimum absolute atomic E-state index is 0.0396. The van der Waals surface area contributed by atoms with E-state index in [2.05, 4.69) is 5.16 Å². The normalized spacial score (nSPS) is 15.7. The molecule has 0 aliphatic carbocycles. The molecular weight excluding hydrogens is 272 g/mol. The predicted octanol–water partition coefficient (Wildman–Crippen LogP) is 0.729. The van der Waals surface area contributed by atoms with Gasteiger partial charge in [-0.05, 0) is 17.7 Å². The lowest BCUT2D eigenvalue weighted by Crippen LogP contribution is -2.52. The van der Waals surface area contributed by atoms with Crippen molar-refractivity contribution in [2.75, 3.05) is 30.8 Å². The van der Waals surface area contributed by atoms with Gasteiger partial charge in [-0.25, -0.2) is 0 Å². The summed E-state index contributed by atoms with van der Waals surface area (Å²) in [6.45, 7) is 0.121. The van der Waals surface area contributed by atoms with Gasteiger partial charge >= 0.3 is 0 Å². The molecule has 0 atom stereocenters. The summed E-state index contributed by atoms with van der Waals surface area (Å²) in [5.74, 6) is 0.00460. The second kappa shape index (κ2) is 4.93. The smallest absolute Gasteiger partial charge is 0.247 e. The maximum atomic E-state index is 12.1. The van der Waals surface area contributed by atoms with Crippen LogP contribution < -0.4 is 10.6 Å². The second-order valence-corrected chi connectivity index (χ2v) is 4.88. The Hall–Kier alpha value is -2.83. The van der Waals surface area contributed by atoms with Crippen molar-refractivity contribution in [3.63, 3.8) is 0 Å². The molecule has 1 fully saturated rings. The minimum Gasteiger partial charge on any atom is -0.367 e. The van der Waals surface area contributed by atoms with Crippen molar-refractivity contribution in [1.29, 1.82) is 0 Å². The van der Waals surface area contributed by atoms with Crippen molar-refractivity contribution < 1.29 is 14.1 Å². The van der Waals surface area contributed by atoms with Gasteiger partial charge in [-0.2, -0.15) is 0 Å². The fourth-order valence-electron chi connectivity index (χ4n) is 2.26. The lowest BCUT2D eigenvalue weighted by molar-refractivity contribution is -0.136. The Balaban J connectivity index is 1.95. The molecule has 2 heterocycles. The maximum absolute atomic E-state index is 12.1. The Bertz CT molecular complexity index is 710. The van der Waals surface area contributed by atoms with Gasteiger partial charge in [0.15, 0.2) is 0 Å². The van der Waals surface area contributed by atoms with Crippen LogP contribution in [-0.4, -0.2) is 42.0 Å². The molecule has 7 heteroatoms. The molecule has 21 heavy (non-hydrogen) atoms. The minimum atomic E-state index is -0.118.